The van der Waals surface area contributed by atoms with Gasteiger partial charge in [0.15, 0.2) is 0 Å². The molecule has 2 rings (SSSR count). The molecule has 2 nitrogen and oxygen atoms in total. The molecule has 0 aliphatic heterocycles. The minimum Gasteiger partial charge on any atom is -0.308 e. The minimum atomic E-state index is 0.241. The van der Waals surface area contributed by atoms with E-state index in [-0.39, 0.29) is 6.04 Å². The van der Waals surface area contributed by atoms with Crippen LogP contribution in [0, 0.1) is 0 Å². The molecule has 0 saturated heterocycles. The SMILES string of the molecule is CC(NCC1(N(C)C)CCCCC1)c1cc(Cl)sc1Cl. The first kappa shape index (κ1) is 16.6. The van der Waals surface area contributed by atoms with Crippen LogP contribution < -0.4 is 5.32 Å². The number of halogens is 2. The number of rotatable bonds is 5. The molecule has 0 bridgehead atoms. The number of thiophene rings is 1. The molecule has 1 aliphatic rings. The molecular weight excluding hydrogens is 311 g/mol. The summed E-state index contributed by atoms with van der Waals surface area (Å²) < 4.78 is 1.57. The topological polar surface area (TPSA) is 15.3 Å². The maximum Gasteiger partial charge on any atom is 0.0991 e. The van der Waals surface area contributed by atoms with Gasteiger partial charge in [-0.2, -0.15) is 0 Å². The fraction of sp³-hybridized carbons (Fsp3) is 0.733. The zero-order chi connectivity index (χ0) is 14.8. The molecule has 1 unspecified atom stereocenters. The molecule has 1 saturated carbocycles. The van der Waals surface area contributed by atoms with Crippen molar-refractivity contribution < 1.29 is 0 Å². The van der Waals surface area contributed by atoms with Crippen LogP contribution in [0.1, 0.15) is 50.6 Å². The average Bonchev–Trinajstić information content (AvgIpc) is 2.76. The summed E-state index contributed by atoms with van der Waals surface area (Å²) in [5.41, 5.74) is 1.41. The van der Waals surface area contributed by atoms with Gasteiger partial charge in [-0.05, 0) is 45.5 Å². The highest BCUT2D eigenvalue weighted by molar-refractivity contribution is 7.20. The first-order valence-corrected chi connectivity index (χ1v) is 8.87. The Morgan fingerprint density at radius 3 is 2.45 bits per heavy atom. The molecule has 0 radical (unpaired) electrons. The van der Waals surface area contributed by atoms with Crippen molar-refractivity contribution >= 4 is 34.5 Å². The van der Waals surface area contributed by atoms with E-state index in [4.69, 9.17) is 23.2 Å². The summed E-state index contributed by atoms with van der Waals surface area (Å²) >= 11 is 13.7. The van der Waals surface area contributed by atoms with Crippen LogP contribution in [-0.2, 0) is 0 Å². The van der Waals surface area contributed by atoms with E-state index < -0.39 is 0 Å². The van der Waals surface area contributed by atoms with Gasteiger partial charge >= 0.3 is 0 Å². The highest BCUT2D eigenvalue weighted by atomic mass is 35.5. The fourth-order valence-electron chi connectivity index (χ4n) is 3.09. The largest absolute Gasteiger partial charge is 0.308 e. The third kappa shape index (κ3) is 3.69. The lowest BCUT2D eigenvalue weighted by Gasteiger charge is -2.44. The summed E-state index contributed by atoms with van der Waals surface area (Å²) in [5.74, 6) is 0. The van der Waals surface area contributed by atoms with Gasteiger partial charge in [-0.15, -0.1) is 11.3 Å². The van der Waals surface area contributed by atoms with E-state index >= 15 is 0 Å². The monoisotopic (exact) mass is 334 g/mol. The Balaban J connectivity index is 2.00. The first-order valence-electron chi connectivity index (χ1n) is 7.30. The van der Waals surface area contributed by atoms with Crippen LogP contribution >= 0.6 is 34.5 Å². The fourth-order valence-corrected chi connectivity index (χ4v) is 4.74. The molecule has 0 amide bonds. The van der Waals surface area contributed by atoms with Crippen LogP contribution in [0.4, 0.5) is 0 Å². The molecule has 1 heterocycles. The summed E-state index contributed by atoms with van der Waals surface area (Å²) in [6, 6.07) is 2.22. The molecule has 5 heteroatoms. The van der Waals surface area contributed by atoms with Crippen molar-refractivity contribution in [1.82, 2.24) is 10.2 Å². The Kier molecular flexibility index (Phi) is 5.78. The van der Waals surface area contributed by atoms with Crippen molar-refractivity contribution in [2.45, 2.75) is 50.6 Å². The number of hydrogen-bond acceptors (Lipinski definition) is 3. The lowest BCUT2D eigenvalue weighted by Crippen LogP contribution is -2.53. The summed E-state index contributed by atoms with van der Waals surface area (Å²) in [6.45, 7) is 3.17. The smallest absolute Gasteiger partial charge is 0.0991 e. The van der Waals surface area contributed by atoms with Crippen LogP contribution in [0.2, 0.25) is 8.67 Å². The average molecular weight is 335 g/mol. The van der Waals surface area contributed by atoms with Gasteiger partial charge in [-0.1, -0.05) is 42.5 Å². The van der Waals surface area contributed by atoms with Gasteiger partial charge in [0.2, 0.25) is 0 Å². The Labute approximate surface area is 136 Å². The van der Waals surface area contributed by atoms with Crippen LogP contribution in [0.3, 0.4) is 0 Å². The molecular formula is C15H24Cl2N2S. The lowest BCUT2D eigenvalue weighted by atomic mass is 9.80. The van der Waals surface area contributed by atoms with Crippen LogP contribution in [0.15, 0.2) is 6.07 Å². The maximum absolute atomic E-state index is 6.24. The van der Waals surface area contributed by atoms with Crippen molar-refractivity contribution in [3.63, 3.8) is 0 Å². The molecule has 1 fully saturated rings. The van der Waals surface area contributed by atoms with Gasteiger partial charge in [0.1, 0.15) is 0 Å². The van der Waals surface area contributed by atoms with Crippen LogP contribution in [0.25, 0.3) is 0 Å². The van der Waals surface area contributed by atoms with E-state index in [1.165, 1.54) is 43.4 Å². The van der Waals surface area contributed by atoms with E-state index in [2.05, 4.69) is 31.2 Å². The van der Waals surface area contributed by atoms with E-state index in [1.807, 2.05) is 6.07 Å². The quantitative estimate of drug-likeness (QED) is 0.817. The predicted octanol–water partition coefficient (Wildman–Crippen LogP) is 4.97. The molecule has 1 aromatic rings. The molecule has 1 N–H and O–H groups in total. The zero-order valence-electron chi connectivity index (χ0n) is 12.5. The molecule has 1 aliphatic carbocycles. The van der Waals surface area contributed by atoms with Crippen molar-refractivity contribution in [2.24, 2.45) is 0 Å². The number of nitrogens with zero attached hydrogens (tertiary/aromatic N) is 1. The molecule has 20 heavy (non-hydrogen) atoms. The maximum atomic E-state index is 6.24. The second-order valence-corrected chi connectivity index (χ2v) is 8.35. The van der Waals surface area contributed by atoms with Gasteiger partial charge in [-0.3, -0.25) is 0 Å². The Morgan fingerprint density at radius 1 is 1.30 bits per heavy atom. The van der Waals surface area contributed by atoms with Gasteiger partial charge < -0.3 is 10.2 Å². The van der Waals surface area contributed by atoms with Gasteiger partial charge in [-0.25, -0.2) is 0 Å². The molecule has 0 aromatic carbocycles. The normalized spacial score (nSPS) is 20.3. The Hall–Kier alpha value is 0.200. The number of likely N-dealkylation sites (N-methyl/N-ethyl adjacent to an activating group) is 1. The van der Waals surface area contributed by atoms with E-state index in [9.17, 15) is 0 Å². The summed E-state index contributed by atoms with van der Waals surface area (Å²) in [6.07, 6.45) is 6.59. The van der Waals surface area contributed by atoms with Gasteiger partial charge in [0.25, 0.3) is 0 Å². The van der Waals surface area contributed by atoms with Crippen molar-refractivity contribution in [1.29, 1.82) is 0 Å². The zero-order valence-corrected chi connectivity index (χ0v) is 14.8. The van der Waals surface area contributed by atoms with Crippen LogP contribution in [-0.4, -0.2) is 31.1 Å². The second kappa shape index (κ2) is 6.97. The standard InChI is InChI=1S/C15H24Cl2N2S/c1-11(12-9-13(16)20-14(12)17)18-10-15(19(2)3)7-5-4-6-8-15/h9,11,18H,4-8,10H2,1-3H3. The van der Waals surface area contributed by atoms with E-state index in [1.54, 1.807) is 0 Å². The third-order valence-electron chi connectivity index (χ3n) is 4.62. The molecule has 1 aromatic heterocycles. The van der Waals surface area contributed by atoms with Gasteiger partial charge in [0.05, 0.1) is 8.67 Å². The van der Waals surface area contributed by atoms with Gasteiger partial charge in [0, 0.05) is 18.1 Å². The summed E-state index contributed by atoms with van der Waals surface area (Å²) in [4.78, 5) is 2.40. The minimum absolute atomic E-state index is 0.241. The predicted molar refractivity (Wildman–Crippen MR) is 90.3 cm³/mol. The second-order valence-electron chi connectivity index (χ2n) is 6.06. The third-order valence-corrected chi connectivity index (χ3v) is 6.14. The Bertz CT molecular complexity index is 439. The lowest BCUT2D eigenvalue weighted by molar-refractivity contribution is 0.0958. The highest BCUT2D eigenvalue weighted by Gasteiger charge is 2.34. The van der Waals surface area contributed by atoms with Crippen molar-refractivity contribution in [3.8, 4) is 0 Å². The summed E-state index contributed by atoms with van der Waals surface area (Å²) in [5, 5.41) is 3.67. The molecule has 1 atom stereocenters. The molecule has 0 spiro atoms. The van der Waals surface area contributed by atoms with E-state index in [0.717, 1.165) is 20.8 Å². The van der Waals surface area contributed by atoms with Crippen LogP contribution in [0.5, 0.6) is 0 Å². The Morgan fingerprint density at radius 2 is 1.95 bits per heavy atom. The van der Waals surface area contributed by atoms with Crippen molar-refractivity contribution in [3.05, 3.63) is 20.3 Å². The van der Waals surface area contributed by atoms with Crippen molar-refractivity contribution in [2.75, 3.05) is 20.6 Å². The van der Waals surface area contributed by atoms with E-state index in [0.29, 0.717) is 5.54 Å². The molecule has 114 valence electrons. The number of nitrogens with one attached hydrogen (secondary N) is 1. The summed E-state index contributed by atoms with van der Waals surface area (Å²) in [7, 11) is 4.40. The first-order chi connectivity index (χ1) is 9.44. The number of hydrogen-bond donors (Lipinski definition) is 1. The highest BCUT2D eigenvalue weighted by Crippen LogP contribution is 2.36.